The zero-order chi connectivity index (χ0) is 22.9. The summed E-state index contributed by atoms with van der Waals surface area (Å²) in [6.07, 6.45) is 0.858. The number of carbonyl (C=O) groups is 1. The molecule has 3 rings (SSSR count). The Labute approximate surface area is 191 Å². The molecule has 3 aromatic carbocycles. The minimum atomic E-state index is -0.117. The number of anilines is 1. The summed E-state index contributed by atoms with van der Waals surface area (Å²) in [6, 6.07) is 23.6. The Morgan fingerprint density at radius 2 is 1.75 bits per heavy atom. The summed E-state index contributed by atoms with van der Waals surface area (Å²) in [6.45, 7) is 7.09. The normalized spacial score (nSPS) is 11.5. The molecule has 0 saturated carbocycles. The number of rotatable bonds is 9. The number of nitrogens with zero attached hydrogens (tertiary/aromatic N) is 1. The third kappa shape index (κ3) is 6.27. The number of benzene rings is 3. The molecular formula is C27H32N2O3. The van der Waals surface area contributed by atoms with E-state index in [0.717, 1.165) is 28.8 Å². The first-order valence-electron chi connectivity index (χ1n) is 11.0. The van der Waals surface area contributed by atoms with E-state index in [1.165, 1.54) is 0 Å². The Bertz CT molecular complexity index is 1020. The molecule has 0 radical (unpaired) electrons. The van der Waals surface area contributed by atoms with Crippen LogP contribution in [0.1, 0.15) is 37.0 Å². The number of hydrogen-bond acceptors (Lipinski definition) is 3. The van der Waals surface area contributed by atoms with Gasteiger partial charge in [-0.2, -0.15) is 0 Å². The highest BCUT2D eigenvalue weighted by Gasteiger charge is 2.20. The van der Waals surface area contributed by atoms with Gasteiger partial charge in [0.2, 0.25) is 0 Å². The van der Waals surface area contributed by atoms with E-state index in [4.69, 9.17) is 9.47 Å². The van der Waals surface area contributed by atoms with E-state index in [0.29, 0.717) is 24.7 Å². The van der Waals surface area contributed by atoms with Crippen LogP contribution in [0, 0.1) is 6.92 Å². The van der Waals surface area contributed by atoms with Gasteiger partial charge in [0.15, 0.2) is 11.5 Å². The summed E-state index contributed by atoms with van der Waals surface area (Å²) >= 11 is 0. The van der Waals surface area contributed by atoms with E-state index >= 15 is 0 Å². The van der Waals surface area contributed by atoms with Crippen molar-refractivity contribution in [1.82, 2.24) is 4.90 Å². The van der Waals surface area contributed by atoms with Gasteiger partial charge in [-0.1, -0.05) is 55.5 Å². The smallest absolute Gasteiger partial charge is 0.322 e. The molecule has 0 aromatic heterocycles. The first kappa shape index (κ1) is 23.2. The minimum absolute atomic E-state index is 0.0832. The van der Waals surface area contributed by atoms with Crippen LogP contribution in [0.15, 0.2) is 72.8 Å². The number of ether oxygens (including phenoxy) is 2. The average molecular weight is 433 g/mol. The van der Waals surface area contributed by atoms with Crippen molar-refractivity contribution in [2.45, 2.75) is 46.4 Å². The lowest BCUT2D eigenvalue weighted by atomic mass is 10.1. The van der Waals surface area contributed by atoms with Gasteiger partial charge in [0.05, 0.1) is 7.11 Å². The number of aryl methyl sites for hydroxylation is 1. The molecule has 5 nitrogen and oxygen atoms in total. The fraction of sp³-hybridized carbons (Fsp3) is 0.296. The van der Waals surface area contributed by atoms with Gasteiger partial charge in [-0.05, 0) is 61.2 Å². The first-order chi connectivity index (χ1) is 15.5. The highest BCUT2D eigenvalue weighted by Crippen LogP contribution is 2.30. The second kappa shape index (κ2) is 11.2. The van der Waals surface area contributed by atoms with Crippen molar-refractivity contribution in [2.75, 3.05) is 12.4 Å². The van der Waals surface area contributed by atoms with E-state index in [1.54, 1.807) is 7.11 Å². The predicted octanol–water partition coefficient (Wildman–Crippen LogP) is 6.42. The SMILES string of the molecule is CCC(C)N(Cc1ccc(OCc2ccccc2)c(OC)c1)C(=O)Nc1cccc(C)c1. The fourth-order valence-electron chi connectivity index (χ4n) is 3.43. The standard InChI is InChI=1S/C27H32N2O3/c1-5-21(3)29(27(30)28-24-13-9-10-20(2)16-24)18-23-14-15-25(26(17-23)31-4)32-19-22-11-7-6-8-12-22/h6-17,21H,5,18-19H2,1-4H3,(H,28,30). The topological polar surface area (TPSA) is 50.8 Å². The molecule has 1 N–H and O–H groups in total. The zero-order valence-corrected chi connectivity index (χ0v) is 19.3. The molecule has 168 valence electrons. The second-order valence-electron chi connectivity index (χ2n) is 7.94. The fourth-order valence-corrected chi connectivity index (χ4v) is 3.43. The molecule has 0 fully saturated rings. The molecule has 0 saturated heterocycles. The number of nitrogens with one attached hydrogen (secondary N) is 1. The van der Waals surface area contributed by atoms with Crippen LogP contribution in [-0.2, 0) is 13.2 Å². The largest absolute Gasteiger partial charge is 0.493 e. The van der Waals surface area contributed by atoms with E-state index in [9.17, 15) is 4.79 Å². The van der Waals surface area contributed by atoms with Crippen LogP contribution < -0.4 is 14.8 Å². The van der Waals surface area contributed by atoms with Crippen molar-refractivity contribution < 1.29 is 14.3 Å². The number of carbonyl (C=O) groups excluding carboxylic acids is 1. The maximum Gasteiger partial charge on any atom is 0.322 e. The minimum Gasteiger partial charge on any atom is -0.493 e. The van der Waals surface area contributed by atoms with Gasteiger partial charge in [0, 0.05) is 18.3 Å². The van der Waals surface area contributed by atoms with Crippen molar-refractivity contribution in [2.24, 2.45) is 0 Å². The van der Waals surface area contributed by atoms with Crippen molar-refractivity contribution in [3.05, 3.63) is 89.5 Å². The molecule has 0 spiro atoms. The Kier molecular flexibility index (Phi) is 8.14. The molecule has 1 atom stereocenters. The van der Waals surface area contributed by atoms with Crippen molar-refractivity contribution in [1.29, 1.82) is 0 Å². The Hall–Kier alpha value is -3.47. The van der Waals surface area contributed by atoms with Crippen LogP contribution in [0.5, 0.6) is 11.5 Å². The van der Waals surface area contributed by atoms with Gasteiger partial charge in [-0.25, -0.2) is 4.79 Å². The summed E-state index contributed by atoms with van der Waals surface area (Å²) < 4.78 is 11.5. The van der Waals surface area contributed by atoms with Crippen LogP contribution in [0.25, 0.3) is 0 Å². The number of methoxy groups -OCH3 is 1. The van der Waals surface area contributed by atoms with Crippen molar-refractivity contribution in [3.8, 4) is 11.5 Å². The van der Waals surface area contributed by atoms with E-state index in [1.807, 2.05) is 84.6 Å². The molecule has 0 aliphatic rings. The summed E-state index contributed by atoms with van der Waals surface area (Å²) in [5, 5.41) is 3.03. The van der Waals surface area contributed by atoms with Gasteiger partial charge >= 0.3 is 6.03 Å². The summed E-state index contributed by atoms with van der Waals surface area (Å²) in [4.78, 5) is 14.9. The zero-order valence-electron chi connectivity index (χ0n) is 19.3. The quantitative estimate of drug-likeness (QED) is 0.425. The summed E-state index contributed by atoms with van der Waals surface area (Å²) in [7, 11) is 1.63. The maximum absolute atomic E-state index is 13.1. The van der Waals surface area contributed by atoms with Gasteiger partial charge in [-0.3, -0.25) is 0 Å². The van der Waals surface area contributed by atoms with Crippen LogP contribution in [0.4, 0.5) is 10.5 Å². The van der Waals surface area contributed by atoms with E-state index in [2.05, 4.69) is 19.2 Å². The second-order valence-corrected chi connectivity index (χ2v) is 7.94. The molecule has 0 bridgehead atoms. The molecule has 0 heterocycles. The molecule has 1 unspecified atom stereocenters. The summed E-state index contributed by atoms with van der Waals surface area (Å²) in [5.74, 6) is 1.33. The Balaban J connectivity index is 1.73. The van der Waals surface area contributed by atoms with Crippen LogP contribution >= 0.6 is 0 Å². The first-order valence-corrected chi connectivity index (χ1v) is 11.0. The van der Waals surface area contributed by atoms with Gasteiger partial charge in [0.25, 0.3) is 0 Å². The number of urea groups is 1. The van der Waals surface area contributed by atoms with Gasteiger partial charge in [0.1, 0.15) is 6.61 Å². The predicted molar refractivity (Wildman–Crippen MR) is 129 cm³/mol. The lowest BCUT2D eigenvalue weighted by Crippen LogP contribution is -2.40. The lowest BCUT2D eigenvalue weighted by Gasteiger charge is -2.29. The highest BCUT2D eigenvalue weighted by atomic mass is 16.5. The Morgan fingerprint density at radius 1 is 0.969 bits per heavy atom. The summed E-state index contributed by atoms with van der Waals surface area (Å²) in [5.41, 5.74) is 3.97. The average Bonchev–Trinajstić information content (AvgIpc) is 2.81. The van der Waals surface area contributed by atoms with Crippen LogP contribution in [0.2, 0.25) is 0 Å². The van der Waals surface area contributed by atoms with Crippen LogP contribution in [0.3, 0.4) is 0 Å². The molecule has 0 aliphatic heterocycles. The third-order valence-electron chi connectivity index (χ3n) is 5.47. The molecule has 5 heteroatoms. The van der Waals surface area contributed by atoms with Crippen molar-refractivity contribution in [3.63, 3.8) is 0 Å². The Morgan fingerprint density at radius 3 is 2.44 bits per heavy atom. The van der Waals surface area contributed by atoms with Crippen LogP contribution in [-0.4, -0.2) is 24.1 Å². The molecular weight excluding hydrogens is 400 g/mol. The maximum atomic E-state index is 13.1. The van der Waals surface area contributed by atoms with Crippen molar-refractivity contribution >= 4 is 11.7 Å². The van der Waals surface area contributed by atoms with Gasteiger partial charge in [-0.15, -0.1) is 0 Å². The van der Waals surface area contributed by atoms with Gasteiger partial charge < -0.3 is 19.7 Å². The van der Waals surface area contributed by atoms with E-state index < -0.39 is 0 Å². The molecule has 32 heavy (non-hydrogen) atoms. The van der Waals surface area contributed by atoms with E-state index in [-0.39, 0.29) is 12.1 Å². The third-order valence-corrected chi connectivity index (χ3v) is 5.47. The number of amides is 2. The molecule has 2 amide bonds. The monoisotopic (exact) mass is 432 g/mol. The molecule has 3 aromatic rings. The molecule has 0 aliphatic carbocycles. The number of hydrogen-bond donors (Lipinski definition) is 1. The lowest BCUT2D eigenvalue weighted by molar-refractivity contribution is 0.187. The highest BCUT2D eigenvalue weighted by molar-refractivity contribution is 5.89.